The van der Waals surface area contributed by atoms with Crippen LogP contribution in [0.5, 0.6) is 0 Å². The summed E-state index contributed by atoms with van der Waals surface area (Å²) in [5.41, 5.74) is 0. The van der Waals surface area contributed by atoms with Crippen LogP contribution in [-0.4, -0.2) is 35.4 Å². The van der Waals surface area contributed by atoms with Gasteiger partial charge in [0.05, 0.1) is 11.2 Å². The van der Waals surface area contributed by atoms with Gasteiger partial charge in [-0.25, -0.2) is 13.4 Å². The molecule has 3 rings (SSSR count). The van der Waals surface area contributed by atoms with Crippen LogP contribution in [0, 0.1) is 5.92 Å². The van der Waals surface area contributed by atoms with Gasteiger partial charge in [0.2, 0.25) is 10.0 Å². The van der Waals surface area contributed by atoms with Crippen LogP contribution in [0.2, 0.25) is 5.02 Å². The highest BCUT2D eigenvalue weighted by molar-refractivity contribution is 7.89. The van der Waals surface area contributed by atoms with Crippen molar-refractivity contribution >= 4 is 21.6 Å². The molecule has 0 amide bonds. The zero-order valence-corrected chi connectivity index (χ0v) is 13.7. The topological polar surface area (TPSA) is 55.2 Å². The van der Waals surface area contributed by atoms with Gasteiger partial charge in [-0.1, -0.05) is 11.6 Å². The molecule has 5 nitrogen and oxygen atoms in total. The van der Waals surface area contributed by atoms with E-state index in [-0.39, 0.29) is 0 Å². The van der Waals surface area contributed by atoms with E-state index in [2.05, 4.69) is 4.98 Å². The van der Waals surface area contributed by atoms with Gasteiger partial charge in [0, 0.05) is 37.1 Å². The van der Waals surface area contributed by atoms with Crippen LogP contribution in [0.1, 0.15) is 12.8 Å². The maximum absolute atomic E-state index is 12.6. The standard InChI is InChI=1S/C15H18ClN3O2S/c16-14-1-3-15(4-2-14)22(20,21)19-8-5-13(6-9-19)11-18-10-7-17-12-18/h1-4,7,10,12-13H,5-6,8-9,11H2. The van der Waals surface area contributed by atoms with Crippen LogP contribution < -0.4 is 0 Å². The lowest BCUT2D eigenvalue weighted by atomic mass is 9.98. The van der Waals surface area contributed by atoms with E-state index in [9.17, 15) is 8.42 Å². The fourth-order valence-corrected chi connectivity index (χ4v) is 4.38. The van der Waals surface area contributed by atoms with E-state index < -0.39 is 10.0 Å². The monoisotopic (exact) mass is 339 g/mol. The molecule has 7 heteroatoms. The van der Waals surface area contributed by atoms with Crippen molar-refractivity contribution in [2.75, 3.05) is 13.1 Å². The second kappa shape index (κ2) is 6.40. The molecule has 0 unspecified atom stereocenters. The number of nitrogens with zero attached hydrogens (tertiary/aromatic N) is 3. The first-order valence-corrected chi connectivity index (χ1v) is 9.09. The second-order valence-corrected chi connectivity index (χ2v) is 7.94. The van der Waals surface area contributed by atoms with E-state index in [1.807, 2.05) is 10.8 Å². The van der Waals surface area contributed by atoms with Crippen LogP contribution in [0.25, 0.3) is 0 Å². The summed E-state index contributed by atoms with van der Waals surface area (Å²) in [6.45, 7) is 2.02. The Morgan fingerprint density at radius 2 is 1.86 bits per heavy atom. The number of hydrogen-bond acceptors (Lipinski definition) is 3. The van der Waals surface area contributed by atoms with Crippen LogP contribution >= 0.6 is 11.6 Å². The maximum atomic E-state index is 12.6. The van der Waals surface area contributed by atoms with Crippen molar-refractivity contribution in [3.8, 4) is 0 Å². The number of aromatic nitrogens is 2. The van der Waals surface area contributed by atoms with Gasteiger partial charge in [-0.15, -0.1) is 0 Å². The smallest absolute Gasteiger partial charge is 0.243 e. The van der Waals surface area contributed by atoms with Crippen LogP contribution in [-0.2, 0) is 16.6 Å². The third-order valence-electron chi connectivity index (χ3n) is 4.05. The number of sulfonamides is 1. The van der Waals surface area contributed by atoms with Gasteiger partial charge in [-0.05, 0) is 43.0 Å². The van der Waals surface area contributed by atoms with E-state index in [0.717, 1.165) is 19.4 Å². The summed E-state index contributed by atoms with van der Waals surface area (Å²) in [7, 11) is -3.41. The SMILES string of the molecule is O=S(=O)(c1ccc(Cl)cc1)N1CCC(Cn2ccnc2)CC1. The van der Waals surface area contributed by atoms with Gasteiger partial charge in [0.25, 0.3) is 0 Å². The molecule has 2 aromatic rings. The summed E-state index contributed by atoms with van der Waals surface area (Å²) in [5, 5.41) is 0.540. The van der Waals surface area contributed by atoms with Gasteiger partial charge in [0.1, 0.15) is 0 Å². The zero-order chi connectivity index (χ0) is 15.6. The molecule has 1 aliphatic heterocycles. The molecule has 0 bridgehead atoms. The third kappa shape index (κ3) is 3.34. The van der Waals surface area contributed by atoms with Crippen LogP contribution in [0.3, 0.4) is 0 Å². The second-order valence-electron chi connectivity index (χ2n) is 5.56. The van der Waals surface area contributed by atoms with Gasteiger partial charge in [-0.2, -0.15) is 4.31 Å². The summed E-state index contributed by atoms with van der Waals surface area (Å²) in [4.78, 5) is 4.34. The lowest BCUT2D eigenvalue weighted by Crippen LogP contribution is -2.39. The summed E-state index contributed by atoms with van der Waals surface area (Å²) >= 11 is 5.82. The molecule has 0 radical (unpaired) electrons. The van der Waals surface area contributed by atoms with Crippen molar-refractivity contribution in [1.82, 2.24) is 13.9 Å². The molecular formula is C15H18ClN3O2S. The van der Waals surface area contributed by atoms with Crippen molar-refractivity contribution in [3.05, 3.63) is 48.0 Å². The van der Waals surface area contributed by atoms with Crippen molar-refractivity contribution < 1.29 is 8.42 Å². The van der Waals surface area contributed by atoms with Crippen molar-refractivity contribution in [3.63, 3.8) is 0 Å². The van der Waals surface area contributed by atoms with E-state index >= 15 is 0 Å². The molecule has 1 aromatic carbocycles. The Morgan fingerprint density at radius 1 is 1.18 bits per heavy atom. The largest absolute Gasteiger partial charge is 0.337 e. The van der Waals surface area contributed by atoms with Gasteiger partial charge in [-0.3, -0.25) is 0 Å². The molecule has 1 aromatic heterocycles. The Bertz CT molecular complexity index is 706. The van der Waals surface area contributed by atoms with Crippen molar-refractivity contribution in [2.45, 2.75) is 24.3 Å². The van der Waals surface area contributed by atoms with Crippen molar-refractivity contribution in [2.24, 2.45) is 5.92 Å². The Morgan fingerprint density at radius 3 is 2.45 bits per heavy atom. The van der Waals surface area contributed by atoms with E-state index in [0.29, 0.717) is 28.9 Å². The molecule has 1 saturated heterocycles. The number of hydrogen-bond donors (Lipinski definition) is 0. The van der Waals surface area contributed by atoms with Gasteiger partial charge >= 0.3 is 0 Å². The highest BCUT2D eigenvalue weighted by Crippen LogP contribution is 2.25. The van der Waals surface area contributed by atoms with Crippen LogP contribution in [0.15, 0.2) is 47.9 Å². The molecule has 1 aliphatic rings. The molecule has 0 saturated carbocycles. The lowest BCUT2D eigenvalue weighted by Gasteiger charge is -2.31. The predicted molar refractivity (Wildman–Crippen MR) is 85.2 cm³/mol. The summed E-state index contributed by atoms with van der Waals surface area (Å²) < 4.78 is 28.8. The zero-order valence-electron chi connectivity index (χ0n) is 12.1. The molecule has 118 valence electrons. The van der Waals surface area contributed by atoms with E-state index in [4.69, 9.17) is 11.6 Å². The Labute approximate surface area is 135 Å². The minimum Gasteiger partial charge on any atom is -0.337 e. The minimum atomic E-state index is -3.41. The van der Waals surface area contributed by atoms with Crippen LogP contribution in [0.4, 0.5) is 0 Å². The molecular weight excluding hydrogens is 322 g/mol. The van der Waals surface area contributed by atoms with E-state index in [1.165, 1.54) is 0 Å². The summed E-state index contributed by atoms with van der Waals surface area (Å²) in [6.07, 6.45) is 7.24. The Balaban J connectivity index is 1.64. The fraction of sp³-hybridized carbons (Fsp3) is 0.400. The van der Waals surface area contributed by atoms with Gasteiger partial charge < -0.3 is 4.57 Å². The molecule has 0 aliphatic carbocycles. The molecule has 0 spiro atoms. The summed E-state index contributed by atoms with van der Waals surface area (Å²) in [5.74, 6) is 0.492. The number of rotatable bonds is 4. The first-order chi connectivity index (χ1) is 10.6. The first kappa shape index (κ1) is 15.5. The van der Waals surface area contributed by atoms with Gasteiger partial charge in [0.15, 0.2) is 0 Å². The Hall–Kier alpha value is -1.37. The number of piperidine rings is 1. The molecule has 0 atom stereocenters. The highest BCUT2D eigenvalue weighted by Gasteiger charge is 2.29. The number of imidazole rings is 1. The number of halogens is 1. The first-order valence-electron chi connectivity index (χ1n) is 7.27. The molecule has 1 fully saturated rings. The molecule has 2 heterocycles. The predicted octanol–water partition coefficient (Wildman–Crippen LogP) is 2.64. The Kier molecular flexibility index (Phi) is 4.52. The molecule has 22 heavy (non-hydrogen) atoms. The van der Waals surface area contributed by atoms with E-state index in [1.54, 1.807) is 41.1 Å². The minimum absolute atomic E-state index is 0.310. The van der Waals surface area contributed by atoms with Crippen molar-refractivity contribution in [1.29, 1.82) is 0 Å². The maximum Gasteiger partial charge on any atom is 0.243 e. The average Bonchev–Trinajstić information content (AvgIpc) is 3.01. The highest BCUT2D eigenvalue weighted by atomic mass is 35.5. The quantitative estimate of drug-likeness (QED) is 0.860. The lowest BCUT2D eigenvalue weighted by molar-refractivity contribution is 0.253. The molecule has 0 N–H and O–H groups in total. The normalized spacial score (nSPS) is 17.7. The average molecular weight is 340 g/mol. The number of benzene rings is 1. The fourth-order valence-electron chi connectivity index (χ4n) is 2.78. The summed E-state index contributed by atoms with van der Waals surface area (Å²) in [6, 6.07) is 6.35. The third-order valence-corrected chi connectivity index (χ3v) is 6.22.